The summed E-state index contributed by atoms with van der Waals surface area (Å²) in [6, 6.07) is 7.57. The van der Waals surface area contributed by atoms with Crippen molar-refractivity contribution in [1.82, 2.24) is 16.0 Å². The van der Waals surface area contributed by atoms with Crippen LogP contribution in [0.25, 0.3) is 0 Å². The van der Waals surface area contributed by atoms with Crippen molar-refractivity contribution in [3.63, 3.8) is 0 Å². The summed E-state index contributed by atoms with van der Waals surface area (Å²) in [5.41, 5.74) is 1.89. The molecule has 2 rings (SSSR count). The number of guanidine groups is 1. The van der Waals surface area contributed by atoms with E-state index >= 15 is 0 Å². The van der Waals surface area contributed by atoms with Gasteiger partial charge in [-0.25, -0.2) is 0 Å². The lowest BCUT2D eigenvalue weighted by Crippen LogP contribution is -2.47. The van der Waals surface area contributed by atoms with Crippen molar-refractivity contribution in [2.24, 2.45) is 16.3 Å². The van der Waals surface area contributed by atoms with E-state index in [1.54, 1.807) is 14.1 Å². The molecule has 1 saturated heterocycles. The molecule has 1 fully saturated rings. The Kier molecular flexibility index (Phi) is 7.66. The molecular formula is C21H34N4O2. The Morgan fingerprint density at radius 1 is 1.22 bits per heavy atom. The maximum Gasteiger partial charge on any atom is 0.251 e. The van der Waals surface area contributed by atoms with Crippen LogP contribution < -0.4 is 16.0 Å². The van der Waals surface area contributed by atoms with Gasteiger partial charge in [0.05, 0.1) is 6.10 Å². The predicted molar refractivity (Wildman–Crippen MR) is 110 cm³/mol. The highest BCUT2D eigenvalue weighted by molar-refractivity contribution is 5.93. The van der Waals surface area contributed by atoms with Crippen LogP contribution in [0.5, 0.6) is 0 Å². The molecule has 1 aromatic carbocycles. The number of hydrogen-bond acceptors (Lipinski definition) is 3. The number of amides is 1. The average molecular weight is 375 g/mol. The number of carbonyl (C=O) groups excluding carboxylic acids is 1. The van der Waals surface area contributed by atoms with Crippen molar-refractivity contribution in [3.05, 3.63) is 35.4 Å². The van der Waals surface area contributed by atoms with Gasteiger partial charge in [-0.15, -0.1) is 0 Å². The van der Waals surface area contributed by atoms with Crippen molar-refractivity contribution in [1.29, 1.82) is 0 Å². The molecule has 3 N–H and O–H groups in total. The van der Waals surface area contributed by atoms with Gasteiger partial charge in [0, 0.05) is 45.3 Å². The number of hydrogen-bond donors (Lipinski definition) is 3. The van der Waals surface area contributed by atoms with Gasteiger partial charge >= 0.3 is 0 Å². The molecule has 1 heterocycles. The first kappa shape index (κ1) is 21.2. The van der Waals surface area contributed by atoms with Crippen LogP contribution >= 0.6 is 0 Å². The molecule has 2 atom stereocenters. The highest BCUT2D eigenvalue weighted by atomic mass is 16.5. The minimum absolute atomic E-state index is 0.0740. The van der Waals surface area contributed by atoms with Crippen LogP contribution in [0.2, 0.25) is 0 Å². The normalized spacial score (nSPS) is 20.9. The van der Waals surface area contributed by atoms with Crippen LogP contribution in [-0.2, 0) is 11.3 Å². The zero-order valence-electron chi connectivity index (χ0n) is 17.3. The monoisotopic (exact) mass is 374 g/mol. The second-order valence-electron chi connectivity index (χ2n) is 8.14. The van der Waals surface area contributed by atoms with E-state index in [4.69, 9.17) is 4.74 Å². The Labute approximate surface area is 163 Å². The van der Waals surface area contributed by atoms with Crippen molar-refractivity contribution in [2.45, 2.75) is 46.3 Å². The lowest BCUT2D eigenvalue weighted by molar-refractivity contribution is -0.0835. The zero-order valence-corrected chi connectivity index (χ0v) is 17.3. The van der Waals surface area contributed by atoms with Crippen molar-refractivity contribution in [3.8, 4) is 0 Å². The average Bonchev–Trinajstić information content (AvgIpc) is 2.67. The summed E-state index contributed by atoms with van der Waals surface area (Å²) in [6.07, 6.45) is 2.55. The first-order chi connectivity index (χ1) is 12.8. The van der Waals surface area contributed by atoms with Gasteiger partial charge in [0.1, 0.15) is 0 Å². The molecule has 27 heavy (non-hydrogen) atoms. The zero-order chi connectivity index (χ0) is 19.9. The summed E-state index contributed by atoms with van der Waals surface area (Å²) in [7, 11) is 3.41. The molecule has 6 nitrogen and oxygen atoms in total. The number of ether oxygens (including phenoxy) is 1. The Balaban J connectivity index is 1.86. The van der Waals surface area contributed by atoms with E-state index in [9.17, 15) is 4.79 Å². The molecular weight excluding hydrogens is 340 g/mol. The second kappa shape index (κ2) is 9.74. The lowest BCUT2D eigenvalue weighted by Gasteiger charge is -2.40. The Hall–Kier alpha value is -2.08. The summed E-state index contributed by atoms with van der Waals surface area (Å²) in [5, 5.41) is 9.41. The van der Waals surface area contributed by atoms with Gasteiger partial charge in [0.15, 0.2) is 5.96 Å². The molecule has 0 saturated carbocycles. The van der Waals surface area contributed by atoms with Crippen LogP contribution in [0.15, 0.2) is 29.3 Å². The summed E-state index contributed by atoms with van der Waals surface area (Å²) in [4.78, 5) is 15.9. The highest BCUT2D eigenvalue weighted by Gasteiger charge is 2.35. The van der Waals surface area contributed by atoms with E-state index in [2.05, 4.69) is 41.7 Å². The van der Waals surface area contributed by atoms with Crippen molar-refractivity contribution >= 4 is 11.9 Å². The minimum Gasteiger partial charge on any atom is -0.377 e. The van der Waals surface area contributed by atoms with Gasteiger partial charge in [-0.1, -0.05) is 32.9 Å². The maximum absolute atomic E-state index is 11.6. The van der Waals surface area contributed by atoms with Gasteiger partial charge in [0.2, 0.25) is 0 Å². The molecule has 1 amide bonds. The molecule has 0 radical (unpaired) electrons. The topological polar surface area (TPSA) is 74.8 Å². The van der Waals surface area contributed by atoms with E-state index in [0.717, 1.165) is 31.1 Å². The van der Waals surface area contributed by atoms with Gasteiger partial charge in [-0.2, -0.15) is 0 Å². The second-order valence-corrected chi connectivity index (χ2v) is 8.14. The third kappa shape index (κ3) is 6.24. The van der Waals surface area contributed by atoms with Crippen LogP contribution in [0.1, 0.15) is 49.5 Å². The Morgan fingerprint density at radius 2 is 1.93 bits per heavy atom. The summed E-state index contributed by atoms with van der Waals surface area (Å²) in [5.74, 6) is 1.18. The standard InChI is InChI=1S/C21H34N4O2/c1-21(2,3)18-17(7-6-12-27-18)14-25-20(23-5)24-13-15-8-10-16(11-9-15)19(26)22-4/h8-11,17-18H,6-7,12-14H2,1-5H3,(H,22,26)(H2,23,24,25). The number of benzene rings is 1. The van der Waals surface area contributed by atoms with E-state index in [-0.39, 0.29) is 17.4 Å². The fourth-order valence-electron chi connectivity index (χ4n) is 3.56. The predicted octanol–water partition coefficient (Wildman–Crippen LogP) is 2.55. The quantitative estimate of drug-likeness (QED) is 0.547. The molecule has 1 aliphatic heterocycles. The van der Waals surface area contributed by atoms with Gasteiger partial charge in [-0.05, 0) is 36.0 Å². The number of rotatable bonds is 5. The lowest BCUT2D eigenvalue weighted by atomic mass is 9.78. The SMILES string of the molecule is CN=C(NCc1ccc(C(=O)NC)cc1)NCC1CCCOC1C(C)(C)C. The molecule has 1 aromatic rings. The molecule has 0 aliphatic carbocycles. The number of aliphatic imine (C=N–C) groups is 1. The van der Waals surface area contributed by atoms with Gasteiger partial charge in [0.25, 0.3) is 5.91 Å². The number of carbonyl (C=O) groups is 1. The van der Waals surface area contributed by atoms with E-state index in [1.807, 2.05) is 24.3 Å². The number of nitrogens with zero attached hydrogens (tertiary/aromatic N) is 1. The molecule has 150 valence electrons. The summed E-state index contributed by atoms with van der Waals surface area (Å²) >= 11 is 0. The molecule has 2 unspecified atom stereocenters. The third-order valence-electron chi connectivity index (χ3n) is 4.96. The number of nitrogens with one attached hydrogen (secondary N) is 3. The highest BCUT2D eigenvalue weighted by Crippen LogP contribution is 2.33. The van der Waals surface area contributed by atoms with Crippen LogP contribution in [0.4, 0.5) is 0 Å². The summed E-state index contributed by atoms with van der Waals surface area (Å²) in [6.45, 7) is 9.08. The largest absolute Gasteiger partial charge is 0.377 e. The van der Waals surface area contributed by atoms with Crippen LogP contribution in [0.3, 0.4) is 0 Å². The van der Waals surface area contributed by atoms with Crippen molar-refractivity contribution in [2.75, 3.05) is 27.2 Å². The van der Waals surface area contributed by atoms with E-state index in [1.165, 1.54) is 6.42 Å². The third-order valence-corrected chi connectivity index (χ3v) is 4.96. The van der Waals surface area contributed by atoms with Crippen LogP contribution in [0, 0.1) is 11.3 Å². The fourth-order valence-corrected chi connectivity index (χ4v) is 3.56. The van der Waals surface area contributed by atoms with Crippen LogP contribution in [-0.4, -0.2) is 45.2 Å². The minimum atomic E-state index is -0.0740. The van der Waals surface area contributed by atoms with Crippen molar-refractivity contribution < 1.29 is 9.53 Å². The molecule has 0 spiro atoms. The van der Waals surface area contributed by atoms with E-state index in [0.29, 0.717) is 18.0 Å². The van der Waals surface area contributed by atoms with E-state index < -0.39 is 0 Å². The maximum atomic E-state index is 11.6. The fraction of sp³-hybridized carbons (Fsp3) is 0.619. The van der Waals surface area contributed by atoms with Gasteiger partial charge in [-0.3, -0.25) is 9.79 Å². The first-order valence-corrected chi connectivity index (χ1v) is 9.72. The molecule has 1 aliphatic rings. The Morgan fingerprint density at radius 3 is 2.52 bits per heavy atom. The molecule has 6 heteroatoms. The molecule has 0 aromatic heterocycles. The smallest absolute Gasteiger partial charge is 0.251 e. The first-order valence-electron chi connectivity index (χ1n) is 9.72. The van der Waals surface area contributed by atoms with Gasteiger partial charge < -0.3 is 20.7 Å². The Bertz CT molecular complexity index is 635. The molecule has 0 bridgehead atoms. The summed E-state index contributed by atoms with van der Waals surface area (Å²) < 4.78 is 6.06.